The molecule has 1 rings (SSSR count). The van der Waals surface area contributed by atoms with Crippen LogP contribution in [0.4, 0.5) is 0 Å². The molecule has 14 heavy (non-hydrogen) atoms. The van der Waals surface area contributed by atoms with E-state index in [9.17, 15) is 4.79 Å². The largest absolute Gasteiger partial charge is 0.365 e. The smallest absolute Gasteiger partial charge is 0.254 e. The number of nitrogens with two attached hydrogens (primary N) is 1. The van der Waals surface area contributed by atoms with Gasteiger partial charge in [-0.15, -0.1) is 0 Å². The molecule has 1 aromatic rings. The van der Waals surface area contributed by atoms with E-state index in [-0.39, 0.29) is 5.91 Å². The van der Waals surface area contributed by atoms with Crippen molar-refractivity contribution < 1.29 is 9.36 Å². The van der Waals surface area contributed by atoms with Crippen molar-refractivity contribution in [3.63, 3.8) is 0 Å². The fraction of sp³-hybridized carbons (Fsp3) is 0.400. The summed E-state index contributed by atoms with van der Waals surface area (Å²) in [4.78, 5) is 13.0. The van der Waals surface area contributed by atoms with Gasteiger partial charge in [0.15, 0.2) is 18.9 Å². The first kappa shape index (κ1) is 10.7. The maximum Gasteiger partial charge on any atom is 0.254 e. The zero-order chi connectivity index (χ0) is 10.6. The van der Waals surface area contributed by atoms with Crippen LogP contribution in [-0.2, 0) is 6.54 Å². The molecule has 1 aromatic heterocycles. The van der Waals surface area contributed by atoms with E-state index in [2.05, 4.69) is 4.90 Å². The van der Waals surface area contributed by atoms with Crippen molar-refractivity contribution in [3.8, 4) is 0 Å². The predicted octanol–water partition coefficient (Wildman–Crippen LogP) is -0.365. The summed E-state index contributed by atoms with van der Waals surface area (Å²) in [7, 11) is 4.02. The molecular weight excluding hydrogens is 178 g/mol. The number of hydrogen-bond donors (Lipinski definition) is 1. The third-order valence-corrected chi connectivity index (χ3v) is 1.95. The molecule has 1 heterocycles. The van der Waals surface area contributed by atoms with Gasteiger partial charge in [0.2, 0.25) is 0 Å². The summed E-state index contributed by atoms with van der Waals surface area (Å²) < 4.78 is 1.96. The van der Waals surface area contributed by atoms with Crippen molar-refractivity contribution in [3.05, 3.63) is 30.1 Å². The number of rotatable bonds is 4. The Morgan fingerprint density at radius 3 is 2.86 bits per heavy atom. The first-order chi connectivity index (χ1) is 6.59. The monoisotopic (exact) mass is 194 g/mol. The summed E-state index contributed by atoms with van der Waals surface area (Å²) in [5.74, 6) is -0.385. The predicted molar refractivity (Wildman–Crippen MR) is 53.7 cm³/mol. The van der Waals surface area contributed by atoms with Crippen molar-refractivity contribution in [1.82, 2.24) is 4.90 Å². The highest BCUT2D eigenvalue weighted by Crippen LogP contribution is 1.91. The van der Waals surface area contributed by atoms with Gasteiger partial charge >= 0.3 is 0 Å². The molecule has 4 heteroatoms. The number of carbonyl (C=O) groups is 1. The minimum Gasteiger partial charge on any atom is -0.365 e. The van der Waals surface area contributed by atoms with E-state index in [0.29, 0.717) is 5.56 Å². The van der Waals surface area contributed by atoms with Crippen LogP contribution >= 0.6 is 0 Å². The second kappa shape index (κ2) is 4.72. The molecule has 1 amide bonds. The van der Waals surface area contributed by atoms with E-state index in [1.165, 1.54) is 0 Å². The summed E-state index contributed by atoms with van der Waals surface area (Å²) >= 11 is 0. The van der Waals surface area contributed by atoms with Gasteiger partial charge in [-0.25, -0.2) is 4.57 Å². The van der Waals surface area contributed by atoms with Crippen LogP contribution in [-0.4, -0.2) is 31.4 Å². The fourth-order valence-corrected chi connectivity index (χ4v) is 1.12. The number of likely N-dealkylation sites (N-methyl/N-ethyl adjacent to an activating group) is 1. The number of pyridine rings is 1. The molecule has 0 fully saturated rings. The van der Waals surface area contributed by atoms with Gasteiger partial charge in [-0.3, -0.25) is 4.79 Å². The van der Waals surface area contributed by atoms with Gasteiger partial charge in [0.1, 0.15) is 5.56 Å². The molecule has 0 aromatic carbocycles. The number of primary amides is 1. The average molecular weight is 194 g/mol. The Labute approximate surface area is 83.9 Å². The molecule has 76 valence electrons. The fourth-order valence-electron chi connectivity index (χ4n) is 1.12. The van der Waals surface area contributed by atoms with Gasteiger partial charge in [-0.05, 0) is 20.2 Å². The highest BCUT2D eigenvalue weighted by atomic mass is 16.1. The number of hydrogen-bond acceptors (Lipinski definition) is 2. The number of aromatic nitrogens is 1. The molecule has 0 aliphatic rings. The second-order valence-electron chi connectivity index (χ2n) is 3.50. The Morgan fingerprint density at radius 2 is 2.29 bits per heavy atom. The Bertz CT molecular complexity index is 323. The molecule has 0 saturated carbocycles. The van der Waals surface area contributed by atoms with Gasteiger partial charge < -0.3 is 10.6 Å². The highest BCUT2D eigenvalue weighted by Gasteiger charge is 2.06. The third-order valence-electron chi connectivity index (χ3n) is 1.95. The molecule has 0 aliphatic carbocycles. The van der Waals surface area contributed by atoms with E-state index < -0.39 is 0 Å². The van der Waals surface area contributed by atoms with Crippen LogP contribution in [0.3, 0.4) is 0 Å². The first-order valence-electron chi connectivity index (χ1n) is 4.53. The summed E-state index contributed by atoms with van der Waals surface area (Å²) in [6.07, 6.45) is 3.70. The second-order valence-corrected chi connectivity index (χ2v) is 3.50. The Kier molecular flexibility index (Phi) is 3.59. The lowest BCUT2D eigenvalue weighted by atomic mass is 10.3. The van der Waals surface area contributed by atoms with Crippen molar-refractivity contribution in [2.75, 3.05) is 20.6 Å². The molecule has 0 atom stereocenters. The average Bonchev–Trinajstić information content (AvgIpc) is 2.15. The molecule has 0 aliphatic heterocycles. The van der Waals surface area contributed by atoms with Gasteiger partial charge in [0.05, 0.1) is 6.54 Å². The van der Waals surface area contributed by atoms with Crippen molar-refractivity contribution in [2.24, 2.45) is 5.73 Å². The van der Waals surface area contributed by atoms with Crippen LogP contribution in [0.1, 0.15) is 10.4 Å². The summed E-state index contributed by atoms with van der Waals surface area (Å²) in [6.45, 7) is 1.79. The van der Waals surface area contributed by atoms with Gasteiger partial charge in [0, 0.05) is 6.07 Å². The normalized spacial score (nSPS) is 10.5. The lowest BCUT2D eigenvalue weighted by Gasteiger charge is -2.05. The van der Waals surface area contributed by atoms with Crippen molar-refractivity contribution in [2.45, 2.75) is 6.54 Å². The standard InChI is InChI=1S/C10H15N3O/c1-12(2)6-7-13-5-3-4-9(8-13)10(11)14/h3-5,8H,6-7H2,1-2H3,(H-,11,14)/p+1. The quantitative estimate of drug-likeness (QED) is 0.665. The van der Waals surface area contributed by atoms with Crippen LogP contribution in [0.2, 0.25) is 0 Å². The molecule has 2 N–H and O–H groups in total. The van der Waals surface area contributed by atoms with E-state index in [4.69, 9.17) is 5.73 Å². The third kappa shape index (κ3) is 3.14. The van der Waals surface area contributed by atoms with Gasteiger partial charge in [0.25, 0.3) is 5.91 Å². The minimum atomic E-state index is -0.385. The molecule has 4 nitrogen and oxygen atoms in total. The number of carbonyl (C=O) groups excluding carboxylic acids is 1. The zero-order valence-corrected chi connectivity index (χ0v) is 8.60. The molecular formula is C10H16N3O+. The first-order valence-corrected chi connectivity index (χ1v) is 4.53. The van der Waals surface area contributed by atoms with Gasteiger partial charge in [-0.1, -0.05) is 0 Å². The minimum absolute atomic E-state index is 0.385. The lowest BCUT2D eigenvalue weighted by molar-refractivity contribution is -0.696. The number of nitrogens with zero attached hydrogens (tertiary/aromatic N) is 2. The molecule has 0 spiro atoms. The van der Waals surface area contributed by atoms with E-state index in [0.717, 1.165) is 13.1 Å². The van der Waals surface area contributed by atoms with Crippen LogP contribution in [0.15, 0.2) is 24.5 Å². The van der Waals surface area contributed by atoms with Crippen LogP contribution < -0.4 is 10.3 Å². The van der Waals surface area contributed by atoms with Crippen molar-refractivity contribution >= 4 is 5.91 Å². The summed E-state index contributed by atoms with van der Waals surface area (Å²) in [5, 5.41) is 0. The molecule has 0 radical (unpaired) electrons. The SMILES string of the molecule is CN(C)CC[n+]1cccc(C(N)=O)c1. The summed E-state index contributed by atoms with van der Waals surface area (Å²) in [6, 6.07) is 3.55. The lowest BCUT2D eigenvalue weighted by Crippen LogP contribution is -2.39. The van der Waals surface area contributed by atoms with E-state index in [1.807, 2.05) is 30.9 Å². The van der Waals surface area contributed by atoms with E-state index in [1.54, 1.807) is 12.3 Å². The van der Waals surface area contributed by atoms with Crippen LogP contribution in [0, 0.1) is 0 Å². The van der Waals surface area contributed by atoms with E-state index >= 15 is 0 Å². The van der Waals surface area contributed by atoms with Gasteiger partial charge in [-0.2, -0.15) is 0 Å². The maximum atomic E-state index is 10.9. The van der Waals surface area contributed by atoms with Crippen molar-refractivity contribution in [1.29, 1.82) is 0 Å². The Morgan fingerprint density at radius 1 is 1.57 bits per heavy atom. The topological polar surface area (TPSA) is 50.2 Å². The van der Waals surface area contributed by atoms with Crippen LogP contribution in [0.5, 0.6) is 0 Å². The zero-order valence-electron chi connectivity index (χ0n) is 8.60. The maximum absolute atomic E-state index is 10.9. The molecule has 0 saturated heterocycles. The van der Waals surface area contributed by atoms with Crippen LogP contribution in [0.25, 0.3) is 0 Å². The summed E-state index contributed by atoms with van der Waals surface area (Å²) in [5.41, 5.74) is 5.72. The Balaban J connectivity index is 2.69. The Hall–Kier alpha value is -1.42. The highest BCUT2D eigenvalue weighted by molar-refractivity contribution is 5.92. The molecule has 0 bridgehead atoms. The molecule has 0 unspecified atom stereocenters. The number of amides is 1.